The van der Waals surface area contributed by atoms with Gasteiger partial charge in [0.15, 0.2) is 5.65 Å². The Bertz CT molecular complexity index is 1700. The highest BCUT2D eigenvalue weighted by atomic mass is 19.4. The average Bonchev–Trinajstić information content (AvgIpc) is 3.45. The van der Waals surface area contributed by atoms with Crippen molar-refractivity contribution in [2.45, 2.75) is 24.4 Å². The summed E-state index contributed by atoms with van der Waals surface area (Å²) in [6.45, 7) is 0. The lowest BCUT2D eigenvalue weighted by molar-refractivity contribution is -0.136. The molecule has 8 nitrogen and oxygen atoms in total. The molecule has 1 aromatic carbocycles. The van der Waals surface area contributed by atoms with Crippen LogP contribution in [-0.4, -0.2) is 29.5 Å². The lowest BCUT2D eigenvalue weighted by Crippen LogP contribution is -2.23. The summed E-state index contributed by atoms with van der Waals surface area (Å²) < 4.78 is 41.5. The van der Waals surface area contributed by atoms with Crippen LogP contribution >= 0.6 is 0 Å². The largest absolute Gasteiger partial charge is 0.418 e. The fourth-order valence-corrected chi connectivity index (χ4v) is 4.46. The van der Waals surface area contributed by atoms with Gasteiger partial charge in [0.2, 0.25) is 0 Å². The Balaban J connectivity index is 1.41. The normalized spacial score (nSPS) is 18.0. The van der Waals surface area contributed by atoms with Crippen LogP contribution in [0.2, 0.25) is 0 Å². The lowest BCUT2D eigenvalue weighted by atomic mass is 10.0. The van der Waals surface area contributed by atoms with Crippen molar-refractivity contribution in [3.05, 3.63) is 92.6 Å². The monoisotopic (exact) mass is 464 g/mol. The van der Waals surface area contributed by atoms with Gasteiger partial charge in [-0.25, -0.2) is 14.3 Å². The number of rotatable bonds is 3. The van der Waals surface area contributed by atoms with Crippen LogP contribution in [0.15, 0.2) is 64.7 Å². The summed E-state index contributed by atoms with van der Waals surface area (Å²) in [4.78, 5) is 36.8. The van der Waals surface area contributed by atoms with Crippen molar-refractivity contribution in [3.63, 3.8) is 0 Å². The lowest BCUT2D eigenvalue weighted by Gasteiger charge is -2.11. The Morgan fingerprint density at radius 3 is 2.74 bits per heavy atom. The minimum atomic E-state index is -4.48. The molecule has 11 heteroatoms. The van der Waals surface area contributed by atoms with Gasteiger partial charge in [0.25, 0.3) is 5.56 Å². The van der Waals surface area contributed by atoms with E-state index < -0.39 is 23.0 Å². The van der Waals surface area contributed by atoms with E-state index in [1.165, 1.54) is 18.5 Å². The van der Waals surface area contributed by atoms with E-state index >= 15 is 0 Å². The van der Waals surface area contributed by atoms with E-state index in [0.29, 0.717) is 16.7 Å². The Labute approximate surface area is 188 Å². The third-order valence-corrected chi connectivity index (χ3v) is 6.14. The van der Waals surface area contributed by atoms with Crippen LogP contribution in [0.5, 0.6) is 0 Å². The fraction of sp³-hybridized carbons (Fsp3) is 0.174. The maximum absolute atomic E-state index is 13.3. The zero-order valence-corrected chi connectivity index (χ0v) is 17.3. The molecule has 4 aromatic heterocycles. The summed E-state index contributed by atoms with van der Waals surface area (Å²) in [5.74, 6) is 0.0644. The van der Waals surface area contributed by atoms with Crippen LogP contribution < -0.4 is 11.2 Å². The molecule has 0 amide bonds. The Morgan fingerprint density at radius 2 is 1.94 bits per heavy atom. The second-order valence-electron chi connectivity index (χ2n) is 8.26. The van der Waals surface area contributed by atoms with Gasteiger partial charge in [-0.3, -0.25) is 14.8 Å². The number of nitrogens with one attached hydrogen (secondary N) is 2. The molecule has 2 atom stereocenters. The predicted molar refractivity (Wildman–Crippen MR) is 117 cm³/mol. The number of pyridine rings is 1. The van der Waals surface area contributed by atoms with Gasteiger partial charge in [-0.15, -0.1) is 0 Å². The number of hydrogen-bond donors (Lipinski definition) is 2. The van der Waals surface area contributed by atoms with Gasteiger partial charge in [0.05, 0.1) is 22.3 Å². The molecular weight excluding hydrogens is 449 g/mol. The molecule has 1 saturated carbocycles. The van der Waals surface area contributed by atoms with Gasteiger partial charge < -0.3 is 4.98 Å². The molecule has 1 aliphatic carbocycles. The van der Waals surface area contributed by atoms with E-state index in [0.717, 1.165) is 23.6 Å². The average molecular weight is 464 g/mol. The number of halogens is 3. The number of alkyl halides is 3. The van der Waals surface area contributed by atoms with Crippen molar-refractivity contribution < 1.29 is 13.2 Å². The summed E-state index contributed by atoms with van der Waals surface area (Å²) >= 11 is 0. The first-order valence-corrected chi connectivity index (χ1v) is 10.4. The van der Waals surface area contributed by atoms with Crippen LogP contribution in [0, 0.1) is 0 Å². The number of imidazole rings is 1. The highest BCUT2D eigenvalue weighted by Gasteiger charge is 2.42. The van der Waals surface area contributed by atoms with Crippen molar-refractivity contribution in [1.29, 1.82) is 0 Å². The third kappa shape index (κ3) is 3.28. The molecule has 0 unspecified atom stereocenters. The quantitative estimate of drug-likeness (QED) is 0.424. The molecule has 0 aliphatic heterocycles. The summed E-state index contributed by atoms with van der Waals surface area (Å²) in [7, 11) is 0. The highest BCUT2D eigenvalue weighted by molar-refractivity contribution is 5.83. The second-order valence-corrected chi connectivity index (χ2v) is 8.26. The van der Waals surface area contributed by atoms with Crippen LogP contribution in [0.1, 0.15) is 34.9 Å². The maximum Gasteiger partial charge on any atom is 0.418 e. The number of benzene rings is 1. The van der Waals surface area contributed by atoms with Gasteiger partial charge in [-0.2, -0.15) is 18.3 Å². The number of para-hydroxylation sites is 1. The number of fused-ring (bicyclic) bond motifs is 2. The minimum Gasteiger partial charge on any atom is -0.313 e. The van der Waals surface area contributed by atoms with E-state index in [-0.39, 0.29) is 22.9 Å². The van der Waals surface area contributed by atoms with Gasteiger partial charge >= 0.3 is 11.9 Å². The Morgan fingerprint density at radius 1 is 1.09 bits per heavy atom. The highest BCUT2D eigenvalue weighted by Crippen LogP contribution is 2.55. The molecule has 1 aliphatic rings. The maximum atomic E-state index is 13.3. The molecular formula is C23H15F3N6O2. The van der Waals surface area contributed by atoms with Crippen molar-refractivity contribution >= 4 is 16.6 Å². The van der Waals surface area contributed by atoms with Gasteiger partial charge in [0.1, 0.15) is 0 Å². The number of aromatic nitrogens is 6. The number of nitrogens with zero attached hydrogens (tertiary/aromatic N) is 4. The molecule has 0 radical (unpaired) electrons. The molecule has 6 rings (SSSR count). The van der Waals surface area contributed by atoms with Gasteiger partial charge in [0, 0.05) is 35.7 Å². The first-order valence-electron chi connectivity index (χ1n) is 10.4. The van der Waals surface area contributed by atoms with E-state index in [9.17, 15) is 22.8 Å². The standard InChI is InChI=1S/C23H15F3N6O2/c24-23(25,26)17-3-1-2-11-6-12(9-28-19(11)17)13-7-14(13)15-8-18(31-32-5-4-27-20(15)32)16-10-29-22(34)30-21(16)33/h1-6,8-10,13-14H,7H2,(H2,29,30,33,34)/t13-,14+/m1/s1. The minimum absolute atomic E-state index is 0.0264. The topological polar surface area (TPSA) is 109 Å². The molecule has 170 valence electrons. The van der Waals surface area contributed by atoms with E-state index in [4.69, 9.17) is 0 Å². The summed E-state index contributed by atoms with van der Waals surface area (Å²) in [6, 6.07) is 7.55. The smallest absolute Gasteiger partial charge is 0.313 e. The predicted octanol–water partition coefficient (Wildman–Crippen LogP) is 3.61. The summed E-state index contributed by atoms with van der Waals surface area (Å²) in [5.41, 5.74) is 0.895. The molecule has 0 spiro atoms. The second kappa shape index (κ2) is 7.11. The SMILES string of the molecule is O=c1[nH]cc(-c2cc([C@H]3C[C@@H]3c3cnc4c(C(F)(F)F)cccc4c3)c3nccn3n2)c(=O)[nH]1. The van der Waals surface area contributed by atoms with Crippen molar-refractivity contribution in [3.8, 4) is 11.3 Å². The van der Waals surface area contributed by atoms with E-state index in [2.05, 4.69) is 25.0 Å². The van der Waals surface area contributed by atoms with Crippen LogP contribution in [-0.2, 0) is 6.18 Å². The molecule has 5 aromatic rings. The Kier molecular flexibility index (Phi) is 4.25. The molecule has 2 N–H and O–H groups in total. The summed E-state index contributed by atoms with van der Waals surface area (Å²) in [5, 5.41) is 4.86. The van der Waals surface area contributed by atoms with E-state index in [1.54, 1.807) is 35.1 Å². The van der Waals surface area contributed by atoms with Gasteiger partial charge in [-0.1, -0.05) is 12.1 Å². The molecule has 34 heavy (non-hydrogen) atoms. The van der Waals surface area contributed by atoms with Crippen molar-refractivity contribution in [2.24, 2.45) is 0 Å². The van der Waals surface area contributed by atoms with Gasteiger partial charge in [-0.05, 0) is 42.0 Å². The fourth-order valence-electron chi connectivity index (χ4n) is 4.46. The van der Waals surface area contributed by atoms with E-state index in [1.807, 2.05) is 0 Å². The zero-order valence-electron chi connectivity index (χ0n) is 17.3. The molecule has 0 saturated heterocycles. The number of H-pyrrole nitrogens is 2. The Hall–Kier alpha value is -4.28. The number of aromatic amines is 2. The first-order chi connectivity index (χ1) is 16.3. The van der Waals surface area contributed by atoms with Crippen LogP contribution in [0.4, 0.5) is 13.2 Å². The summed E-state index contributed by atoms with van der Waals surface area (Å²) in [6.07, 6.45) is 2.34. The first kappa shape index (κ1) is 20.3. The van der Waals surface area contributed by atoms with Crippen molar-refractivity contribution in [1.82, 2.24) is 29.5 Å². The van der Waals surface area contributed by atoms with Crippen LogP contribution in [0.3, 0.4) is 0 Å². The van der Waals surface area contributed by atoms with Crippen molar-refractivity contribution in [2.75, 3.05) is 0 Å². The molecule has 1 fully saturated rings. The number of hydrogen-bond acceptors (Lipinski definition) is 5. The third-order valence-electron chi connectivity index (χ3n) is 6.14. The zero-order chi connectivity index (χ0) is 23.6. The van der Waals surface area contributed by atoms with Crippen LogP contribution in [0.25, 0.3) is 27.8 Å². The molecule has 4 heterocycles. The molecule has 0 bridgehead atoms.